The van der Waals surface area contributed by atoms with E-state index in [1.54, 1.807) is 0 Å². The summed E-state index contributed by atoms with van der Waals surface area (Å²) < 4.78 is 0. The van der Waals surface area contributed by atoms with Crippen LogP contribution in [0.25, 0.3) is 33.2 Å². The molecule has 0 fully saturated rings. The molecule has 1 aromatic heterocycles. The summed E-state index contributed by atoms with van der Waals surface area (Å²) in [4.78, 5) is 4.65. The van der Waals surface area contributed by atoms with Gasteiger partial charge in [-0.3, -0.25) is 4.98 Å². The molecule has 0 aliphatic carbocycles. The van der Waals surface area contributed by atoms with Crippen LogP contribution in [0.1, 0.15) is 5.56 Å². The molecule has 3 aromatic carbocycles. The summed E-state index contributed by atoms with van der Waals surface area (Å²) in [6, 6.07) is 27.6. The molecule has 0 radical (unpaired) electrons. The molecule has 4 rings (SSSR count). The van der Waals surface area contributed by atoms with Crippen molar-refractivity contribution in [1.29, 1.82) is 0 Å². The Labute approximate surface area is 136 Å². The van der Waals surface area contributed by atoms with Gasteiger partial charge < -0.3 is 0 Å². The fraction of sp³-hybridized carbons (Fsp3) is 0.0455. The summed E-state index contributed by atoms with van der Waals surface area (Å²) in [6.07, 6.45) is 1.87. The van der Waals surface area contributed by atoms with Crippen LogP contribution in [0, 0.1) is 6.92 Å². The maximum absolute atomic E-state index is 4.65. The molecule has 1 heteroatoms. The third-order valence-electron chi connectivity index (χ3n) is 4.26. The predicted molar refractivity (Wildman–Crippen MR) is 97.4 cm³/mol. The zero-order valence-electron chi connectivity index (χ0n) is 13.0. The predicted octanol–water partition coefficient (Wildman–Crippen LogP) is 5.88. The van der Waals surface area contributed by atoms with Gasteiger partial charge in [-0.05, 0) is 35.2 Å². The number of hydrogen-bond donors (Lipinski definition) is 0. The number of benzene rings is 3. The molecule has 0 aliphatic heterocycles. The topological polar surface area (TPSA) is 12.9 Å². The summed E-state index contributed by atoms with van der Waals surface area (Å²) in [5.41, 5.74) is 7.25. The number of hydrogen-bond acceptors (Lipinski definition) is 1. The van der Waals surface area contributed by atoms with E-state index in [1.807, 2.05) is 12.3 Å². The van der Waals surface area contributed by atoms with Crippen LogP contribution in [0.15, 0.2) is 85.1 Å². The number of pyridine rings is 1. The monoisotopic (exact) mass is 295 g/mol. The van der Waals surface area contributed by atoms with Crippen molar-refractivity contribution in [3.8, 4) is 22.3 Å². The van der Waals surface area contributed by atoms with Crippen molar-refractivity contribution in [1.82, 2.24) is 4.98 Å². The molecule has 0 saturated heterocycles. The standard InChI is InChI=1S/C22H17N/c1-16-13-14-18-10-7-15-23-22(18)21(16)20-12-6-5-11-19(20)17-8-3-2-4-9-17/h2-15H,1H3. The second-order valence-corrected chi connectivity index (χ2v) is 5.74. The molecule has 110 valence electrons. The highest BCUT2D eigenvalue weighted by Crippen LogP contribution is 2.37. The Morgan fingerprint density at radius 3 is 2.22 bits per heavy atom. The Bertz CT molecular complexity index is 971. The van der Waals surface area contributed by atoms with Gasteiger partial charge in [0.1, 0.15) is 0 Å². The van der Waals surface area contributed by atoms with Gasteiger partial charge in [0.25, 0.3) is 0 Å². The van der Waals surface area contributed by atoms with Gasteiger partial charge in [0.15, 0.2) is 0 Å². The molecule has 0 unspecified atom stereocenters. The number of rotatable bonds is 2. The summed E-state index contributed by atoms with van der Waals surface area (Å²) in [5, 5.41) is 1.18. The molecule has 23 heavy (non-hydrogen) atoms. The average molecular weight is 295 g/mol. The van der Waals surface area contributed by atoms with Crippen LogP contribution in [0.3, 0.4) is 0 Å². The van der Waals surface area contributed by atoms with Gasteiger partial charge in [0.2, 0.25) is 0 Å². The van der Waals surface area contributed by atoms with E-state index in [1.165, 1.54) is 33.2 Å². The van der Waals surface area contributed by atoms with Gasteiger partial charge in [-0.25, -0.2) is 0 Å². The largest absolute Gasteiger partial charge is 0.256 e. The third kappa shape index (κ3) is 2.40. The Hall–Kier alpha value is -2.93. The van der Waals surface area contributed by atoms with Gasteiger partial charge in [-0.15, -0.1) is 0 Å². The summed E-state index contributed by atoms with van der Waals surface area (Å²) in [6.45, 7) is 2.16. The second kappa shape index (κ2) is 5.69. The molecule has 1 heterocycles. The van der Waals surface area contributed by atoms with Crippen molar-refractivity contribution < 1.29 is 0 Å². The molecular weight excluding hydrogens is 278 g/mol. The highest BCUT2D eigenvalue weighted by Gasteiger charge is 2.13. The molecule has 0 N–H and O–H groups in total. The molecule has 4 aromatic rings. The van der Waals surface area contributed by atoms with E-state index in [2.05, 4.69) is 84.7 Å². The first-order valence-corrected chi connectivity index (χ1v) is 7.84. The van der Waals surface area contributed by atoms with E-state index in [-0.39, 0.29) is 0 Å². The van der Waals surface area contributed by atoms with Crippen molar-refractivity contribution in [2.45, 2.75) is 6.92 Å². The van der Waals surface area contributed by atoms with Crippen molar-refractivity contribution in [3.05, 3.63) is 90.6 Å². The van der Waals surface area contributed by atoms with Crippen LogP contribution in [0.5, 0.6) is 0 Å². The zero-order chi connectivity index (χ0) is 15.6. The van der Waals surface area contributed by atoms with Crippen LogP contribution in [-0.4, -0.2) is 4.98 Å². The van der Waals surface area contributed by atoms with Crippen LogP contribution in [-0.2, 0) is 0 Å². The molecule has 0 aliphatic rings. The lowest BCUT2D eigenvalue weighted by Gasteiger charge is -2.14. The van der Waals surface area contributed by atoms with Gasteiger partial charge in [-0.2, -0.15) is 0 Å². The molecule has 0 atom stereocenters. The van der Waals surface area contributed by atoms with Gasteiger partial charge in [0.05, 0.1) is 5.52 Å². The Morgan fingerprint density at radius 2 is 1.39 bits per heavy atom. The van der Waals surface area contributed by atoms with E-state index >= 15 is 0 Å². The zero-order valence-corrected chi connectivity index (χ0v) is 13.0. The Kier molecular flexibility index (Phi) is 3.39. The number of nitrogens with zero attached hydrogens (tertiary/aromatic N) is 1. The van der Waals surface area contributed by atoms with Gasteiger partial charge in [0, 0.05) is 17.1 Å². The fourth-order valence-corrected chi connectivity index (χ4v) is 3.16. The minimum atomic E-state index is 1.07. The summed E-state index contributed by atoms with van der Waals surface area (Å²) in [7, 11) is 0. The van der Waals surface area contributed by atoms with Crippen LogP contribution in [0.4, 0.5) is 0 Å². The highest BCUT2D eigenvalue weighted by molar-refractivity contribution is 5.99. The van der Waals surface area contributed by atoms with Crippen LogP contribution < -0.4 is 0 Å². The lowest BCUT2D eigenvalue weighted by atomic mass is 9.90. The lowest BCUT2D eigenvalue weighted by molar-refractivity contribution is 1.38. The second-order valence-electron chi connectivity index (χ2n) is 5.74. The minimum absolute atomic E-state index is 1.07. The van der Waals surface area contributed by atoms with E-state index in [0.29, 0.717) is 0 Å². The molecule has 0 saturated carbocycles. The molecular formula is C22H17N. The SMILES string of the molecule is Cc1ccc2cccnc2c1-c1ccccc1-c1ccccc1. The Balaban J connectivity index is 2.05. The van der Waals surface area contributed by atoms with Gasteiger partial charge in [-0.1, -0.05) is 72.8 Å². The lowest BCUT2D eigenvalue weighted by Crippen LogP contribution is -1.91. The number of aromatic nitrogens is 1. The van der Waals surface area contributed by atoms with E-state index in [9.17, 15) is 0 Å². The van der Waals surface area contributed by atoms with Crippen molar-refractivity contribution in [2.24, 2.45) is 0 Å². The van der Waals surface area contributed by atoms with E-state index in [0.717, 1.165) is 5.52 Å². The van der Waals surface area contributed by atoms with Crippen molar-refractivity contribution >= 4 is 10.9 Å². The highest BCUT2D eigenvalue weighted by atomic mass is 14.6. The molecule has 0 amide bonds. The first-order valence-electron chi connectivity index (χ1n) is 7.84. The van der Waals surface area contributed by atoms with E-state index in [4.69, 9.17) is 0 Å². The maximum atomic E-state index is 4.65. The number of fused-ring (bicyclic) bond motifs is 1. The normalized spacial score (nSPS) is 10.8. The number of aryl methyl sites for hydroxylation is 1. The molecule has 0 bridgehead atoms. The maximum Gasteiger partial charge on any atom is 0.0783 e. The van der Waals surface area contributed by atoms with E-state index < -0.39 is 0 Å². The third-order valence-corrected chi connectivity index (χ3v) is 4.26. The summed E-state index contributed by atoms with van der Waals surface area (Å²) >= 11 is 0. The quantitative estimate of drug-likeness (QED) is 0.450. The molecule has 1 nitrogen and oxygen atoms in total. The summed E-state index contributed by atoms with van der Waals surface area (Å²) in [5.74, 6) is 0. The van der Waals surface area contributed by atoms with Gasteiger partial charge >= 0.3 is 0 Å². The van der Waals surface area contributed by atoms with Crippen molar-refractivity contribution in [3.63, 3.8) is 0 Å². The minimum Gasteiger partial charge on any atom is -0.256 e. The average Bonchev–Trinajstić information content (AvgIpc) is 2.62. The smallest absolute Gasteiger partial charge is 0.0783 e. The Morgan fingerprint density at radius 1 is 0.652 bits per heavy atom. The van der Waals surface area contributed by atoms with Crippen molar-refractivity contribution in [2.75, 3.05) is 0 Å². The fourth-order valence-electron chi connectivity index (χ4n) is 3.16. The first-order chi connectivity index (χ1) is 11.3. The molecule has 0 spiro atoms. The van der Waals surface area contributed by atoms with Crippen LogP contribution >= 0.6 is 0 Å². The first kappa shape index (κ1) is 13.7. The van der Waals surface area contributed by atoms with Crippen LogP contribution in [0.2, 0.25) is 0 Å².